The van der Waals surface area contributed by atoms with Gasteiger partial charge in [0.05, 0.1) is 12.5 Å². The van der Waals surface area contributed by atoms with Crippen molar-refractivity contribution in [2.45, 2.75) is 46.1 Å². The number of ether oxygens (including phenoxy) is 1. The van der Waals surface area contributed by atoms with Gasteiger partial charge in [0.2, 0.25) is 0 Å². The molecule has 3 N–H and O–H groups in total. The topological polar surface area (TPSA) is 72.6 Å². The second-order valence-corrected chi connectivity index (χ2v) is 6.78. The zero-order chi connectivity index (χ0) is 15.8. The van der Waals surface area contributed by atoms with E-state index in [9.17, 15) is 9.90 Å². The third-order valence-electron chi connectivity index (χ3n) is 4.21. The Balaban J connectivity index is 0.000000361. The maximum atomic E-state index is 11.2. The molecular weight excluding hydrogens is 266 g/mol. The Hall–Kier alpha value is -1.55. The zero-order valence-electron chi connectivity index (χ0n) is 13.2. The van der Waals surface area contributed by atoms with Crippen LogP contribution in [0.4, 0.5) is 0 Å². The number of carbonyl (C=O) groups is 1. The van der Waals surface area contributed by atoms with Gasteiger partial charge in [-0.3, -0.25) is 4.79 Å². The number of aliphatic carboxylic acids is 1. The van der Waals surface area contributed by atoms with Crippen molar-refractivity contribution < 1.29 is 14.6 Å². The van der Waals surface area contributed by atoms with Crippen LogP contribution in [0, 0.1) is 11.3 Å². The van der Waals surface area contributed by atoms with Crippen LogP contribution in [0.2, 0.25) is 0 Å². The van der Waals surface area contributed by atoms with Gasteiger partial charge < -0.3 is 15.6 Å². The van der Waals surface area contributed by atoms with Crippen molar-refractivity contribution in [3.05, 3.63) is 29.3 Å². The predicted molar refractivity (Wildman–Crippen MR) is 82.6 cm³/mol. The molecule has 1 aliphatic carbocycles. The molecular formula is C17H25NO3. The van der Waals surface area contributed by atoms with Gasteiger partial charge in [0.1, 0.15) is 5.75 Å². The van der Waals surface area contributed by atoms with Crippen LogP contribution in [0.3, 0.4) is 0 Å². The van der Waals surface area contributed by atoms with E-state index in [2.05, 4.69) is 6.07 Å². The summed E-state index contributed by atoms with van der Waals surface area (Å²) in [7, 11) is 0. The van der Waals surface area contributed by atoms with Gasteiger partial charge in [-0.1, -0.05) is 39.8 Å². The highest BCUT2D eigenvalue weighted by molar-refractivity contribution is 5.78. The third kappa shape index (κ3) is 3.05. The highest BCUT2D eigenvalue weighted by atomic mass is 16.5. The molecule has 1 aromatic rings. The number of hydrogen-bond donors (Lipinski definition) is 2. The van der Waals surface area contributed by atoms with Gasteiger partial charge in [-0.15, -0.1) is 0 Å². The Morgan fingerprint density at radius 3 is 2.57 bits per heavy atom. The van der Waals surface area contributed by atoms with Crippen LogP contribution in [0.1, 0.15) is 44.7 Å². The van der Waals surface area contributed by atoms with Crippen molar-refractivity contribution in [1.82, 2.24) is 0 Å². The van der Waals surface area contributed by atoms with Crippen molar-refractivity contribution in [2.75, 3.05) is 6.61 Å². The lowest BCUT2D eigenvalue weighted by molar-refractivity contribution is -0.139. The Labute approximate surface area is 126 Å². The molecule has 2 unspecified atom stereocenters. The zero-order valence-corrected chi connectivity index (χ0v) is 13.2. The molecule has 0 aromatic heterocycles. The molecule has 2 atom stereocenters. The van der Waals surface area contributed by atoms with E-state index < -0.39 is 5.97 Å². The SMILES string of the molecule is CC(C)N.CC1(C)C(C(=O)O)C1c1cccc2c1CCO2. The van der Waals surface area contributed by atoms with Crippen LogP contribution in [0.25, 0.3) is 0 Å². The van der Waals surface area contributed by atoms with Crippen molar-refractivity contribution in [3.63, 3.8) is 0 Å². The average molecular weight is 291 g/mol. The molecule has 0 saturated heterocycles. The van der Waals surface area contributed by atoms with Crippen LogP contribution in [0.15, 0.2) is 18.2 Å². The van der Waals surface area contributed by atoms with Crippen molar-refractivity contribution in [3.8, 4) is 5.75 Å². The molecule has 21 heavy (non-hydrogen) atoms. The largest absolute Gasteiger partial charge is 0.493 e. The molecule has 1 saturated carbocycles. The van der Waals surface area contributed by atoms with Crippen LogP contribution in [-0.4, -0.2) is 23.7 Å². The summed E-state index contributed by atoms with van der Waals surface area (Å²) in [5, 5.41) is 9.24. The minimum absolute atomic E-state index is 0.135. The van der Waals surface area contributed by atoms with E-state index in [-0.39, 0.29) is 17.3 Å². The maximum Gasteiger partial charge on any atom is 0.307 e. The third-order valence-corrected chi connectivity index (χ3v) is 4.21. The van der Waals surface area contributed by atoms with E-state index in [0.29, 0.717) is 6.04 Å². The first kappa shape index (κ1) is 15.8. The lowest BCUT2D eigenvalue weighted by Crippen LogP contribution is -2.06. The van der Waals surface area contributed by atoms with E-state index in [4.69, 9.17) is 10.5 Å². The Morgan fingerprint density at radius 1 is 1.43 bits per heavy atom. The summed E-state index contributed by atoms with van der Waals surface area (Å²) in [4.78, 5) is 11.2. The molecule has 2 aliphatic rings. The minimum atomic E-state index is -0.684. The fraction of sp³-hybridized carbons (Fsp3) is 0.588. The molecule has 1 heterocycles. The Kier molecular flexibility index (Phi) is 4.28. The predicted octanol–water partition coefficient (Wildman–Crippen LogP) is 2.80. The summed E-state index contributed by atoms with van der Waals surface area (Å²) < 4.78 is 5.53. The van der Waals surface area contributed by atoms with Crippen molar-refractivity contribution in [1.29, 1.82) is 0 Å². The van der Waals surface area contributed by atoms with E-state index in [1.54, 1.807) is 0 Å². The van der Waals surface area contributed by atoms with Gasteiger partial charge in [-0.25, -0.2) is 0 Å². The summed E-state index contributed by atoms with van der Waals surface area (Å²) in [5.41, 5.74) is 7.37. The first-order valence-electron chi connectivity index (χ1n) is 7.49. The van der Waals surface area contributed by atoms with Crippen molar-refractivity contribution >= 4 is 5.97 Å². The van der Waals surface area contributed by atoms with Gasteiger partial charge in [0.15, 0.2) is 0 Å². The van der Waals surface area contributed by atoms with Crippen LogP contribution < -0.4 is 10.5 Å². The van der Waals surface area contributed by atoms with Crippen LogP contribution in [0.5, 0.6) is 5.75 Å². The standard InChI is InChI=1S/C14H16O3.C3H9N/c1-14(2)11(12(14)13(15)16)9-4-3-5-10-8(9)6-7-17-10;1-3(2)4/h3-5,11-12H,6-7H2,1-2H3,(H,15,16);3H,4H2,1-2H3. The smallest absolute Gasteiger partial charge is 0.307 e. The summed E-state index contributed by atoms with van der Waals surface area (Å²) in [6.07, 6.45) is 0.907. The van der Waals surface area contributed by atoms with Gasteiger partial charge in [-0.2, -0.15) is 0 Å². The number of carboxylic acids is 1. The number of fused-ring (bicyclic) bond motifs is 1. The van der Waals surface area contributed by atoms with Gasteiger partial charge in [0.25, 0.3) is 0 Å². The molecule has 1 aliphatic heterocycles. The normalized spacial score (nSPS) is 24.7. The molecule has 116 valence electrons. The maximum absolute atomic E-state index is 11.2. The summed E-state index contributed by atoms with van der Waals surface area (Å²) in [6, 6.07) is 6.33. The van der Waals surface area contributed by atoms with E-state index in [1.807, 2.05) is 39.8 Å². The van der Waals surface area contributed by atoms with Gasteiger partial charge in [-0.05, 0) is 23.1 Å². The van der Waals surface area contributed by atoms with E-state index in [0.717, 1.165) is 18.8 Å². The number of hydrogen-bond acceptors (Lipinski definition) is 3. The van der Waals surface area contributed by atoms with E-state index >= 15 is 0 Å². The fourth-order valence-corrected chi connectivity index (χ4v) is 3.22. The second kappa shape index (κ2) is 5.68. The molecule has 4 nitrogen and oxygen atoms in total. The number of rotatable bonds is 2. The molecule has 1 aromatic carbocycles. The van der Waals surface area contributed by atoms with Crippen LogP contribution in [-0.2, 0) is 11.2 Å². The number of nitrogens with two attached hydrogens (primary N) is 1. The Bertz CT molecular complexity index is 534. The van der Waals surface area contributed by atoms with Gasteiger partial charge >= 0.3 is 5.97 Å². The fourth-order valence-electron chi connectivity index (χ4n) is 3.22. The highest BCUT2D eigenvalue weighted by Crippen LogP contribution is 2.65. The van der Waals surface area contributed by atoms with E-state index in [1.165, 1.54) is 11.1 Å². The summed E-state index contributed by atoms with van der Waals surface area (Å²) in [6.45, 7) is 8.68. The summed E-state index contributed by atoms with van der Waals surface area (Å²) in [5.74, 6) is 0.136. The first-order chi connectivity index (χ1) is 9.76. The lowest BCUT2D eigenvalue weighted by Gasteiger charge is -2.07. The molecule has 0 bridgehead atoms. The van der Waals surface area contributed by atoms with Crippen LogP contribution >= 0.6 is 0 Å². The van der Waals surface area contributed by atoms with Crippen molar-refractivity contribution in [2.24, 2.45) is 17.1 Å². The average Bonchev–Trinajstić information content (AvgIpc) is 2.71. The minimum Gasteiger partial charge on any atom is -0.493 e. The number of carboxylic acid groups (broad SMARTS) is 1. The molecule has 1 fully saturated rings. The molecule has 3 rings (SSSR count). The Morgan fingerprint density at radius 2 is 2.05 bits per heavy atom. The van der Waals surface area contributed by atoms with Gasteiger partial charge in [0, 0.05) is 17.9 Å². The monoisotopic (exact) mass is 291 g/mol. The lowest BCUT2D eigenvalue weighted by atomic mass is 9.96. The number of benzene rings is 1. The molecule has 0 radical (unpaired) electrons. The summed E-state index contributed by atoms with van der Waals surface area (Å²) >= 11 is 0. The molecule has 0 spiro atoms. The highest BCUT2D eigenvalue weighted by Gasteiger charge is 2.63. The molecule has 0 amide bonds. The second-order valence-electron chi connectivity index (χ2n) is 6.78. The molecule has 4 heteroatoms. The quantitative estimate of drug-likeness (QED) is 0.879. The first-order valence-corrected chi connectivity index (χ1v) is 7.49.